The molecule has 1 aliphatic heterocycles. The molecule has 2 amide bonds. The molecule has 0 unspecified atom stereocenters. The van der Waals surface area contributed by atoms with Crippen molar-refractivity contribution in [2.45, 2.75) is 37.8 Å². The Morgan fingerprint density at radius 3 is 2.67 bits per heavy atom. The van der Waals surface area contributed by atoms with Gasteiger partial charge in [0.05, 0.1) is 17.8 Å². The van der Waals surface area contributed by atoms with Crippen LogP contribution in [0.2, 0.25) is 0 Å². The zero-order valence-corrected chi connectivity index (χ0v) is 13.2. The minimum absolute atomic E-state index is 0.0543. The van der Waals surface area contributed by atoms with Gasteiger partial charge in [0.25, 0.3) is 0 Å². The summed E-state index contributed by atoms with van der Waals surface area (Å²) in [4.78, 5) is 23.6. The van der Waals surface area contributed by atoms with Crippen LogP contribution in [0.4, 0.5) is 5.82 Å². The highest BCUT2D eigenvalue weighted by molar-refractivity contribution is 7.98. The molecular formula is C13H20N4O3S. The molecule has 2 rings (SSSR count). The van der Waals surface area contributed by atoms with Crippen LogP contribution < -0.4 is 10.6 Å². The molecule has 0 bridgehead atoms. The number of carbonyl (C=O) groups is 2. The largest absolute Gasteiger partial charge is 0.395 e. The Hall–Kier alpha value is -1.54. The van der Waals surface area contributed by atoms with E-state index in [1.165, 1.54) is 0 Å². The Morgan fingerprint density at radius 1 is 1.33 bits per heavy atom. The molecule has 1 aliphatic rings. The molecule has 0 saturated carbocycles. The molecule has 1 aromatic rings. The molecule has 116 valence electrons. The molecule has 7 nitrogen and oxygen atoms in total. The standard InChI is InChI=1S/C13H20N4O3S/c1-13(2,3)17-10(8-6-21-7-9(8)16-17)15-12(20)11(19)14-4-5-18/h18H,4-7H2,1-3H3,(H,14,19)(H,15,20). The van der Waals surface area contributed by atoms with Gasteiger partial charge < -0.3 is 15.7 Å². The van der Waals surface area contributed by atoms with E-state index in [2.05, 4.69) is 15.7 Å². The molecule has 0 radical (unpaired) electrons. The molecule has 0 aliphatic carbocycles. The predicted molar refractivity (Wildman–Crippen MR) is 80.9 cm³/mol. The van der Waals surface area contributed by atoms with E-state index in [9.17, 15) is 9.59 Å². The number of nitrogens with zero attached hydrogens (tertiary/aromatic N) is 2. The van der Waals surface area contributed by atoms with Gasteiger partial charge in [-0.05, 0) is 20.8 Å². The normalized spacial score (nSPS) is 13.9. The second-order valence-electron chi connectivity index (χ2n) is 5.78. The first-order valence-electron chi connectivity index (χ1n) is 6.73. The number of hydrogen-bond donors (Lipinski definition) is 3. The number of anilines is 1. The van der Waals surface area contributed by atoms with Crippen LogP contribution in [0.3, 0.4) is 0 Å². The summed E-state index contributed by atoms with van der Waals surface area (Å²) < 4.78 is 1.76. The molecule has 0 atom stereocenters. The van der Waals surface area contributed by atoms with Crippen molar-refractivity contribution in [3.8, 4) is 0 Å². The Kier molecular flexibility index (Phi) is 4.58. The average Bonchev–Trinajstić information content (AvgIpc) is 2.97. The number of thioether (sulfide) groups is 1. The van der Waals surface area contributed by atoms with Crippen LogP contribution in [0.15, 0.2) is 0 Å². The van der Waals surface area contributed by atoms with E-state index < -0.39 is 11.8 Å². The topological polar surface area (TPSA) is 96.2 Å². The lowest BCUT2D eigenvalue weighted by Crippen LogP contribution is -2.38. The number of aliphatic hydroxyl groups excluding tert-OH is 1. The lowest BCUT2D eigenvalue weighted by molar-refractivity contribution is -0.136. The van der Waals surface area contributed by atoms with Gasteiger partial charge >= 0.3 is 11.8 Å². The maximum Gasteiger partial charge on any atom is 0.314 e. The zero-order chi connectivity index (χ0) is 15.6. The zero-order valence-electron chi connectivity index (χ0n) is 12.4. The number of aromatic nitrogens is 2. The molecule has 0 spiro atoms. The minimum Gasteiger partial charge on any atom is -0.395 e. The van der Waals surface area contributed by atoms with Gasteiger partial charge in [-0.2, -0.15) is 16.9 Å². The summed E-state index contributed by atoms with van der Waals surface area (Å²) in [6.45, 7) is 5.82. The quantitative estimate of drug-likeness (QED) is 0.704. The van der Waals surface area contributed by atoms with Gasteiger partial charge in [-0.15, -0.1) is 0 Å². The summed E-state index contributed by atoms with van der Waals surface area (Å²) >= 11 is 1.73. The number of amides is 2. The fourth-order valence-corrected chi connectivity index (χ4v) is 3.08. The van der Waals surface area contributed by atoms with Crippen LogP contribution in [0.1, 0.15) is 32.0 Å². The summed E-state index contributed by atoms with van der Waals surface area (Å²) in [5, 5.41) is 18.2. The predicted octanol–water partition coefficient (Wildman–Crippen LogP) is 0.432. The van der Waals surface area contributed by atoms with E-state index in [0.717, 1.165) is 22.8 Å². The van der Waals surface area contributed by atoms with E-state index in [1.807, 2.05) is 20.8 Å². The first kappa shape index (κ1) is 15.8. The second-order valence-corrected chi connectivity index (χ2v) is 6.77. The van der Waals surface area contributed by atoms with Gasteiger partial charge in [0.15, 0.2) is 0 Å². The molecule has 1 aromatic heterocycles. The van der Waals surface area contributed by atoms with Crippen LogP contribution in [-0.2, 0) is 26.6 Å². The third kappa shape index (κ3) is 3.38. The molecule has 3 N–H and O–H groups in total. The van der Waals surface area contributed by atoms with Gasteiger partial charge in [-0.1, -0.05) is 0 Å². The van der Waals surface area contributed by atoms with Crippen molar-refractivity contribution < 1.29 is 14.7 Å². The van der Waals surface area contributed by atoms with Crippen LogP contribution in [-0.4, -0.2) is 39.9 Å². The first-order valence-corrected chi connectivity index (χ1v) is 7.89. The number of carbonyl (C=O) groups excluding carboxylic acids is 2. The monoisotopic (exact) mass is 312 g/mol. The van der Waals surface area contributed by atoms with Crippen LogP contribution >= 0.6 is 11.8 Å². The summed E-state index contributed by atoms with van der Waals surface area (Å²) in [5.41, 5.74) is 1.65. The first-order chi connectivity index (χ1) is 9.84. The lowest BCUT2D eigenvalue weighted by Gasteiger charge is -2.23. The summed E-state index contributed by atoms with van der Waals surface area (Å²) in [5.74, 6) is 0.683. The van der Waals surface area contributed by atoms with E-state index in [4.69, 9.17) is 5.11 Å². The lowest BCUT2D eigenvalue weighted by atomic mass is 10.1. The van der Waals surface area contributed by atoms with E-state index >= 15 is 0 Å². The Bertz CT molecular complexity index is 562. The Morgan fingerprint density at radius 2 is 2.05 bits per heavy atom. The molecule has 0 aromatic carbocycles. The molecule has 0 saturated heterocycles. The van der Waals surface area contributed by atoms with E-state index in [0.29, 0.717) is 5.82 Å². The minimum atomic E-state index is -0.759. The molecule has 8 heteroatoms. The van der Waals surface area contributed by atoms with Crippen LogP contribution in [0.25, 0.3) is 0 Å². The summed E-state index contributed by atoms with van der Waals surface area (Å²) in [7, 11) is 0. The van der Waals surface area contributed by atoms with Gasteiger partial charge in [0.1, 0.15) is 5.82 Å². The van der Waals surface area contributed by atoms with Crippen molar-refractivity contribution in [1.29, 1.82) is 0 Å². The maximum atomic E-state index is 11.9. The highest BCUT2D eigenvalue weighted by Crippen LogP contribution is 2.37. The van der Waals surface area contributed by atoms with Crippen LogP contribution in [0, 0.1) is 0 Å². The maximum absolute atomic E-state index is 11.9. The third-order valence-corrected chi connectivity index (χ3v) is 3.99. The number of fused-ring (bicyclic) bond motifs is 1. The SMILES string of the molecule is CC(C)(C)n1nc2c(c1NC(=O)C(=O)NCCO)CSC2. The van der Waals surface area contributed by atoms with Crippen molar-refractivity contribution in [1.82, 2.24) is 15.1 Å². The van der Waals surface area contributed by atoms with Gasteiger partial charge in [0.2, 0.25) is 0 Å². The summed E-state index contributed by atoms with van der Waals surface area (Å²) in [6, 6.07) is 0. The van der Waals surface area contributed by atoms with Gasteiger partial charge in [-0.3, -0.25) is 9.59 Å². The fraction of sp³-hybridized carbons (Fsp3) is 0.615. The van der Waals surface area contributed by atoms with Crippen molar-refractivity contribution in [2.75, 3.05) is 18.5 Å². The molecular weight excluding hydrogens is 292 g/mol. The Balaban J connectivity index is 2.23. The Labute approximate surface area is 127 Å². The second kappa shape index (κ2) is 6.07. The van der Waals surface area contributed by atoms with Crippen molar-refractivity contribution in [2.24, 2.45) is 0 Å². The van der Waals surface area contributed by atoms with Crippen LogP contribution in [0.5, 0.6) is 0 Å². The molecule has 2 heterocycles. The van der Waals surface area contributed by atoms with E-state index in [-0.39, 0.29) is 18.7 Å². The number of nitrogens with one attached hydrogen (secondary N) is 2. The third-order valence-electron chi connectivity index (χ3n) is 3.02. The fourth-order valence-electron chi connectivity index (χ4n) is 2.04. The van der Waals surface area contributed by atoms with Gasteiger partial charge in [-0.25, -0.2) is 4.68 Å². The highest BCUT2D eigenvalue weighted by atomic mass is 32.2. The van der Waals surface area contributed by atoms with Crippen molar-refractivity contribution >= 4 is 29.4 Å². The van der Waals surface area contributed by atoms with Crippen molar-refractivity contribution in [3.63, 3.8) is 0 Å². The van der Waals surface area contributed by atoms with Crippen molar-refractivity contribution in [3.05, 3.63) is 11.3 Å². The van der Waals surface area contributed by atoms with E-state index in [1.54, 1.807) is 16.4 Å². The molecule has 0 fully saturated rings. The summed E-state index contributed by atoms with van der Waals surface area (Å²) in [6.07, 6.45) is 0. The number of hydrogen-bond acceptors (Lipinski definition) is 5. The average molecular weight is 312 g/mol. The highest BCUT2D eigenvalue weighted by Gasteiger charge is 2.29. The van der Waals surface area contributed by atoms with Gasteiger partial charge in [0, 0.05) is 23.6 Å². The smallest absolute Gasteiger partial charge is 0.314 e. The number of rotatable bonds is 3. The molecule has 21 heavy (non-hydrogen) atoms. The number of aliphatic hydroxyl groups is 1.